The normalized spacial score (nSPS) is 15.6. The number of hydrogen-bond acceptors (Lipinski definition) is 4. The zero-order valence-corrected chi connectivity index (χ0v) is 13.1. The molecule has 0 unspecified atom stereocenters. The molecule has 0 aromatic heterocycles. The minimum absolute atomic E-state index is 0.235. The van der Waals surface area contributed by atoms with Crippen LogP contribution < -0.4 is 5.32 Å². The van der Waals surface area contributed by atoms with Crippen molar-refractivity contribution in [1.82, 2.24) is 5.32 Å². The first-order valence-corrected chi connectivity index (χ1v) is 7.35. The average Bonchev–Trinajstić information content (AvgIpc) is 2.48. The second-order valence-corrected chi connectivity index (χ2v) is 6.08. The number of ether oxygens (including phenoxy) is 1. The zero-order chi connectivity index (χ0) is 15.7. The van der Waals surface area contributed by atoms with E-state index < -0.39 is 0 Å². The van der Waals surface area contributed by atoms with Gasteiger partial charge in [0.2, 0.25) is 0 Å². The first kappa shape index (κ1) is 17.4. The summed E-state index contributed by atoms with van der Waals surface area (Å²) in [5.74, 6) is 0.547. The van der Waals surface area contributed by atoms with Crippen molar-refractivity contribution in [2.45, 2.75) is 39.2 Å². The molecule has 1 fully saturated rings. The van der Waals surface area contributed by atoms with Gasteiger partial charge in [-0.05, 0) is 46.7 Å². The number of hydrogen-bond donors (Lipinski definition) is 1. The predicted octanol–water partition coefficient (Wildman–Crippen LogP) is 2.83. The van der Waals surface area contributed by atoms with Gasteiger partial charge < -0.3 is 10.1 Å². The average molecular weight is 291 g/mol. The molecule has 1 aromatic carbocycles. The summed E-state index contributed by atoms with van der Waals surface area (Å²) < 4.78 is 4.55. The fourth-order valence-electron chi connectivity index (χ4n) is 2.07. The Morgan fingerprint density at radius 1 is 1.19 bits per heavy atom. The van der Waals surface area contributed by atoms with Gasteiger partial charge in [0.25, 0.3) is 6.47 Å². The van der Waals surface area contributed by atoms with Crippen LogP contribution in [0.4, 0.5) is 0 Å². The molecule has 4 heteroatoms. The van der Waals surface area contributed by atoms with Crippen molar-refractivity contribution in [1.29, 1.82) is 0 Å². The third-order valence-electron chi connectivity index (χ3n) is 3.17. The Labute approximate surface area is 126 Å². The summed E-state index contributed by atoms with van der Waals surface area (Å²) in [6.07, 6.45) is 1.96. The van der Waals surface area contributed by atoms with E-state index in [-0.39, 0.29) is 11.5 Å². The van der Waals surface area contributed by atoms with Gasteiger partial charge in [0.15, 0.2) is 5.78 Å². The number of carbonyl (C=O) groups excluding carboxylic acids is 2. The maximum absolute atomic E-state index is 12.0. The Morgan fingerprint density at radius 3 is 2.19 bits per heavy atom. The highest BCUT2D eigenvalue weighted by molar-refractivity contribution is 5.97. The van der Waals surface area contributed by atoms with Crippen LogP contribution in [0.2, 0.25) is 0 Å². The fraction of sp³-hybridized carbons (Fsp3) is 0.529. The molecule has 0 amide bonds. The molecule has 4 nitrogen and oxygen atoms in total. The molecule has 1 N–H and O–H groups in total. The molecule has 0 bridgehead atoms. The molecule has 21 heavy (non-hydrogen) atoms. The summed E-state index contributed by atoms with van der Waals surface area (Å²) in [4.78, 5) is 21.6. The van der Waals surface area contributed by atoms with E-state index in [1.807, 2.05) is 51.1 Å². The SMILES string of the molecule is CC(C)(C)OC=O.O=C(c1ccccc1)C1CCNCC1. The Morgan fingerprint density at radius 2 is 1.76 bits per heavy atom. The third-order valence-corrected chi connectivity index (χ3v) is 3.17. The van der Waals surface area contributed by atoms with E-state index in [2.05, 4.69) is 10.1 Å². The maximum Gasteiger partial charge on any atom is 0.293 e. The van der Waals surface area contributed by atoms with Crippen LogP contribution in [0.15, 0.2) is 30.3 Å². The molecule has 1 saturated heterocycles. The maximum atomic E-state index is 12.0. The molecule has 0 radical (unpaired) electrons. The molecule has 0 saturated carbocycles. The van der Waals surface area contributed by atoms with Gasteiger partial charge in [0, 0.05) is 11.5 Å². The van der Waals surface area contributed by atoms with Crippen molar-refractivity contribution in [3.05, 3.63) is 35.9 Å². The zero-order valence-electron chi connectivity index (χ0n) is 13.1. The fourth-order valence-corrected chi connectivity index (χ4v) is 2.07. The number of rotatable bonds is 3. The monoisotopic (exact) mass is 291 g/mol. The van der Waals surface area contributed by atoms with Gasteiger partial charge in [-0.25, -0.2) is 0 Å². The van der Waals surface area contributed by atoms with Crippen molar-refractivity contribution in [3.63, 3.8) is 0 Å². The van der Waals surface area contributed by atoms with Gasteiger partial charge in [-0.2, -0.15) is 0 Å². The molecule has 1 aliphatic heterocycles. The molecular formula is C17H25NO3. The number of carbonyl (C=O) groups is 2. The Bertz CT molecular complexity index is 431. The first-order chi connectivity index (χ1) is 9.94. The lowest BCUT2D eigenvalue weighted by Gasteiger charge is -2.21. The van der Waals surface area contributed by atoms with Crippen molar-refractivity contribution >= 4 is 12.3 Å². The van der Waals surface area contributed by atoms with Gasteiger partial charge in [0.1, 0.15) is 5.60 Å². The molecule has 0 spiro atoms. The summed E-state index contributed by atoms with van der Waals surface area (Å²) in [5.41, 5.74) is 0.543. The van der Waals surface area contributed by atoms with Crippen LogP contribution in [0.5, 0.6) is 0 Å². The van der Waals surface area contributed by atoms with Crippen molar-refractivity contribution < 1.29 is 14.3 Å². The van der Waals surface area contributed by atoms with Crippen molar-refractivity contribution in [3.8, 4) is 0 Å². The van der Waals surface area contributed by atoms with E-state index in [1.54, 1.807) is 0 Å². The topological polar surface area (TPSA) is 55.4 Å². The lowest BCUT2D eigenvalue weighted by Crippen LogP contribution is -2.31. The molecular weight excluding hydrogens is 266 g/mol. The minimum atomic E-state index is -0.318. The van der Waals surface area contributed by atoms with E-state index in [4.69, 9.17) is 0 Å². The lowest BCUT2D eigenvalue weighted by molar-refractivity contribution is -0.138. The highest BCUT2D eigenvalue weighted by atomic mass is 16.5. The van der Waals surface area contributed by atoms with Gasteiger partial charge in [-0.1, -0.05) is 30.3 Å². The minimum Gasteiger partial charge on any atom is -0.462 e. The summed E-state index contributed by atoms with van der Waals surface area (Å²) in [5, 5.41) is 3.27. The summed E-state index contributed by atoms with van der Waals surface area (Å²) >= 11 is 0. The lowest BCUT2D eigenvalue weighted by atomic mass is 9.90. The summed E-state index contributed by atoms with van der Waals surface area (Å²) in [6, 6.07) is 9.61. The number of Topliss-reactive ketones (excluding diaryl/α,β-unsaturated/α-hetero) is 1. The second-order valence-electron chi connectivity index (χ2n) is 6.08. The van der Waals surface area contributed by atoms with Crippen LogP contribution in [-0.2, 0) is 9.53 Å². The van der Waals surface area contributed by atoms with Gasteiger partial charge >= 0.3 is 0 Å². The highest BCUT2D eigenvalue weighted by Crippen LogP contribution is 2.17. The van der Waals surface area contributed by atoms with E-state index in [9.17, 15) is 9.59 Å². The van der Waals surface area contributed by atoms with E-state index in [1.165, 1.54) is 0 Å². The highest BCUT2D eigenvalue weighted by Gasteiger charge is 2.21. The molecule has 1 heterocycles. The number of piperidine rings is 1. The van der Waals surface area contributed by atoms with Crippen molar-refractivity contribution in [2.75, 3.05) is 13.1 Å². The summed E-state index contributed by atoms with van der Waals surface area (Å²) in [6.45, 7) is 7.87. The van der Waals surface area contributed by atoms with E-state index in [0.717, 1.165) is 31.5 Å². The van der Waals surface area contributed by atoms with Gasteiger partial charge in [0.05, 0.1) is 0 Å². The number of nitrogens with one attached hydrogen (secondary N) is 1. The van der Waals surface area contributed by atoms with Crippen LogP contribution in [0.1, 0.15) is 44.0 Å². The number of benzene rings is 1. The van der Waals surface area contributed by atoms with Crippen LogP contribution in [0.3, 0.4) is 0 Å². The Hall–Kier alpha value is -1.68. The predicted molar refractivity (Wildman–Crippen MR) is 83.3 cm³/mol. The molecule has 2 rings (SSSR count). The van der Waals surface area contributed by atoms with Crippen molar-refractivity contribution in [2.24, 2.45) is 5.92 Å². The molecule has 116 valence electrons. The Kier molecular flexibility index (Phi) is 7.09. The largest absolute Gasteiger partial charge is 0.462 e. The van der Waals surface area contributed by atoms with Crippen LogP contribution in [-0.4, -0.2) is 30.9 Å². The molecule has 0 aliphatic carbocycles. The van der Waals surface area contributed by atoms with E-state index >= 15 is 0 Å². The third kappa shape index (κ3) is 7.04. The smallest absolute Gasteiger partial charge is 0.293 e. The molecule has 1 aliphatic rings. The molecule has 1 aromatic rings. The second kappa shape index (κ2) is 8.57. The standard InChI is InChI=1S/C12H15NO.C5H10O2/c14-12(10-4-2-1-3-5-10)11-6-8-13-9-7-11;1-5(2,3)7-4-6/h1-5,11,13H,6-9H2;4H,1-3H3. The van der Waals surface area contributed by atoms with Crippen LogP contribution >= 0.6 is 0 Å². The number of ketones is 1. The molecule has 0 atom stereocenters. The quantitative estimate of drug-likeness (QED) is 0.687. The van der Waals surface area contributed by atoms with Crippen LogP contribution in [0, 0.1) is 5.92 Å². The Balaban J connectivity index is 0.000000270. The summed E-state index contributed by atoms with van der Waals surface area (Å²) in [7, 11) is 0. The van der Waals surface area contributed by atoms with E-state index in [0.29, 0.717) is 12.3 Å². The van der Waals surface area contributed by atoms with Gasteiger partial charge in [-0.3, -0.25) is 9.59 Å². The first-order valence-electron chi connectivity index (χ1n) is 7.35. The van der Waals surface area contributed by atoms with Gasteiger partial charge in [-0.15, -0.1) is 0 Å². The van der Waals surface area contributed by atoms with Crippen LogP contribution in [0.25, 0.3) is 0 Å².